The van der Waals surface area contributed by atoms with Gasteiger partial charge in [0.2, 0.25) is 5.91 Å². The van der Waals surface area contributed by atoms with Crippen LogP contribution in [-0.4, -0.2) is 35.5 Å². The quantitative estimate of drug-likeness (QED) is 0.785. The Labute approximate surface area is 111 Å². The van der Waals surface area contributed by atoms with Crippen LogP contribution >= 0.6 is 12.4 Å². The van der Waals surface area contributed by atoms with Gasteiger partial charge in [-0.05, 0) is 52.5 Å². The number of hydrogen-bond donors (Lipinski definition) is 1. The van der Waals surface area contributed by atoms with Crippen LogP contribution in [0.3, 0.4) is 0 Å². The zero-order chi connectivity index (χ0) is 11.6. The van der Waals surface area contributed by atoms with Crippen molar-refractivity contribution in [3.05, 3.63) is 0 Å². The molecule has 0 unspecified atom stereocenters. The lowest BCUT2D eigenvalue weighted by Crippen LogP contribution is -2.59. The standard InChI is InChI=1S/C13H24N2O.ClH/c1-3-15-12(16)8-6-7-11-13(15,2)9-4-5-10-14-11;/h11,14H,3-10H2,1-2H3;1H/t11-,13+;/m1./s1. The molecule has 0 spiro atoms. The van der Waals surface area contributed by atoms with E-state index in [0.29, 0.717) is 11.9 Å². The lowest BCUT2D eigenvalue weighted by Gasteiger charge is -2.44. The fraction of sp³-hybridized carbons (Fsp3) is 0.923. The van der Waals surface area contributed by atoms with E-state index in [0.717, 1.165) is 38.8 Å². The molecule has 2 rings (SSSR count). The number of halogens is 1. The maximum absolute atomic E-state index is 12.1. The van der Waals surface area contributed by atoms with E-state index in [9.17, 15) is 4.79 Å². The third-order valence-corrected chi connectivity index (χ3v) is 4.37. The maximum atomic E-state index is 12.1. The van der Waals surface area contributed by atoms with Crippen molar-refractivity contribution in [3.63, 3.8) is 0 Å². The van der Waals surface area contributed by atoms with Crippen LogP contribution in [0.15, 0.2) is 0 Å². The van der Waals surface area contributed by atoms with Crippen molar-refractivity contribution in [1.82, 2.24) is 10.2 Å². The molecule has 0 saturated carbocycles. The smallest absolute Gasteiger partial charge is 0.223 e. The maximum Gasteiger partial charge on any atom is 0.223 e. The summed E-state index contributed by atoms with van der Waals surface area (Å²) in [5.74, 6) is 0.358. The monoisotopic (exact) mass is 260 g/mol. The number of carbonyl (C=O) groups excluding carboxylic acids is 1. The van der Waals surface area contributed by atoms with Crippen molar-refractivity contribution in [2.45, 2.75) is 64.0 Å². The fourth-order valence-electron chi connectivity index (χ4n) is 3.43. The first-order chi connectivity index (χ1) is 7.68. The van der Waals surface area contributed by atoms with Gasteiger partial charge in [0.15, 0.2) is 0 Å². The van der Waals surface area contributed by atoms with Gasteiger partial charge in [-0.3, -0.25) is 4.79 Å². The van der Waals surface area contributed by atoms with Crippen LogP contribution in [0.2, 0.25) is 0 Å². The summed E-state index contributed by atoms with van der Waals surface area (Å²) in [6.45, 7) is 6.36. The zero-order valence-electron chi connectivity index (χ0n) is 11.0. The third-order valence-electron chi connectivity index (χ3n) is 4.37. The zero-order valence-corrected chi connectivity index (χ0v) is 11.8. The second-order valence-electron chi connectivity index (χ2n) is 5.35. The Balaban J connectivity index is 0.00000144. The lowest BCUT2D eigenvalue weighted by atomic mass is 9.85. The highest BCUT2D eigenvalue weighted by atomic mass is 35.5. The van der Waals surface area contributed by atoms with Crippen LogP contribution in [0.4, 0.5) is 0 Å². The molecule has 2 saturated heterocycles. The molecule has 100 valence electrons. The molecule has 0 aromatic heterocycles. The fourth-order valence-corrected chi connectivity index (χ4v) is 3.43. The summed E-state index contributed by atoms with van der Waals surface area (Å²) in [4.78, 5) is 14.2. The van der Waals surface area contributed by atoms with E-state index in [1.807, 2.05) is 0 Å². The van der Waals surface area contributed by atoms with Crippen molar-refractivity contribution < 1.29 is 4.79 Å². The summed E-state index contributed by atoms with van der Waals surface area (Å²) in [5, 5.41) is 3.66. The molecule has 0 aliphatic carbocycles. The van der Waals surface area contributed by atoms with E-state index in [1.165, 1.54) is 12.8 Å². The largest absolute Gasteiger partial charge is 0.336 e. The molecule has 2 fully saturated rings. The number of hydrogen-bond acceptors (Lipinski definition) is 2. The number of fused-ring (bicyclic) bond motifs is 1. The lowest BCUT2D eigenvalue weighted by molar-refractivity contribution is -0.136. The molecule has 2 atom stereocenters. The highest BCUT2D eigenvalue weighted by Gasteiger charge is 2.43. The molecular formula is C13H25ClN2O. The Morgan fingerprint density at radius 2 is 2.18 bits per heavy atom. The predicted molar refractivity (Wildman–Crippen MR) is 72.5 cm³/mol. The molecule has 0 bridgehead atoms. The average molecular weight is 261 g/mol. The van der Waals surface area contributed by atoms with Gasteiger partial charge in [0.25, 0.3) is 0 Å². The second-order valence-corrected chi connectivity index (χ2v) is 5.35. The number of likely N-dealkylation sites (N-methyl/N-ethyl adjacent to an activating group) is 1. The van der Waals surface area contributed by atoms with Crippen LogP contribution < -0.4 is 5.32 Å². The van der Waals surface area contributed by atoms with Crippen molar-refractivity contribution in [2.75, 3.05) is 13.1 Å². The van der Waals surface area contributed by atoms with Crippen LogP contribution in [0, 0.1) is 0 Å². The number of rotatable bonds is 1. The van der Waals surface area contributed by atoms with E-state index >= 15 is 0 Å². The van der Waals surface area contributed by atoms with Crippen LogP contribution in [-0.2, 0) is 4.79 Å². The van der Waals surface area contributed by atoms with Crippen molar-refractivity contribution >= 4 is 18.3 Å². The molecule has 0 aromatic carbocycles. The van der Waals surface area contributed by atoms with Crippen molar-refractivity contribution in [2.24, 2.45) is 0 Å². The minimum atomic E-state index is 0. The van der Waals surface area contributed by atoms with Crippen LogP contribution in [0.5, 0.6) is 0 Å². The molecule has 2 heterocycles. The highest BCUT2D eigenvalue weighted by Crippen LogP contribution is 2.33. The van der Waals surface area contributed by atoms with Crippen LogP contribution in [0.25, 0.3) is 0 Å². The number of nitrogens with one attached hydrogen (secondary N) is 1. The number of likely N-dealkylation sites (tertiary alicyclic amines) is 1. The Morgan fingerprint density at radius 3 is 2.88 bits per heavy atom. The second kappa shape index (κ2) is 6.05. The first kappa shape index (κ1) is 14.8. The Kier molecular flexibility index (Phi) is 5.26. The van der Waals surface area contributed by atoms with Crippen molar-refractivity contribution in [1.29, 1.82) is 0 Å². The van der Waals surface area contributed by atoms with Gasteiger partial charge in [-0.15, -0.1) is 12.4 Å². The Hall–Kier alpha value is -0.280. The third kappa shape index (κ3) is 2.76. The summed E-state index contributed by atoms with van der Waals surface area (Å²) in [6, 6.07) is 0.501. The molecule has 1 N–H and O–H groups in total. The van der Waals surface area contributed by atoms with Crippen molar-refractivity contribution in [3.8, 4) is 0 Å². The first-order valence-electron chi connectivity index (χ1n) is 6.72. The van der Waals surface area contributed by atoms with E-state index in [2.05, 4.69) is 24.1 Å². The molecule has 2 aliphatic heterocycles. The van der Waals surface area contributed by atoms with E-state index in [1.54, 1.807) is 0 Å². The summed E-state index contributed by atoms with van der Waals surface area (Å²) in [7, 11) is 0. The van der Waals surface area contributed by atoms with Gasteiger partial charge < -0.3 is 10.2 Å². The van der Waals surface area contributed by atoms with Gasteiger partial charge in [-0.1, -0.05) is 0 Å². The average Bonchev–Trinajstić information content (AvgIpc) is 2.48. The Bertz CT molecular complexity index is 272. The van der Waals surface area contributed by atoms with Crippen LogP contribution in [0.1, 0.15) is 52.4 Å². The number of nitrogens with zero attached hydrogens (tertiary/aromatic N) is 1. The topological polar surface area (TPSA) is 32.3 Å². The molecule has 17 heavy (non-hydrogen) atoms. The molecule has 2 aliphatic rings. The summed E-state index contributed by atoms with van der Waals surface area (Å²) >= 11 is 0. The molecule has 3 nitrogen and oxygen atoms in total. The normalized spacial score (nSPS) is 34.4. The molecule has 0 radical (unpaired) electrons. The minimum Gasteiger partial charge on any atom is -0.336 e. The van der Waals surface area contributed by atoms with E-state index in [-0.39, 0.29) is 17.9 Å². The SMILES string of the molecule is CCN1C(=O)CCC[C@H]2NCCCC[C@@]21C.Cl. The summed E-state index contributed by atoms with van der Waals surface area (Å²) in [6.07, 6.45) is 6.58. The Morgan fingerprint density at radius 1 is 1.41 bits per heavy atom. The number of carbonyl (C=O) groups is 1. The summed E-state index contributed by atoms with van der Waals surface area (Å²) < 4.78 is 0. The predicted octanol–water partition coefficient (Wildman–Crippen LogP) is 2.34. The van der Waals surface area contributed by atoms with Gasteiger partial charge in [0.1, 0.15) is 0 Å². The molecule has 4 heteroatoms. The van der Waals surface area contributed by atoms with E-state index in [4.69, 9.17) is 0 Å². The first-order valence-corrected chi connectivity index (χ1v) is 6.72. The molecular weight excluding hydrogens is 236 g/mol. The van der Waals surface area contributed by atoms with E-state index < -0.39 is 0 Å². The van der Waals surface area contributed by atoms with Gasteiger partial charge in [-0.25, -0.2) is 0 Å². The summed E-state index contributed by atoms with van der Waals surface area (Å²) in [5.41, 5.74) is 0.0544. The van der Waals surface area contributed by atoms with Gasteiger partial charge in [0, 0.05) is 19.0 Å². The molecule has 0 aromatic rings. The highest BCUT2D eigenvalue weighted by molar-refractivity contribution is 5.85. The molecule has 1 amide bonds. The number of amides is 1. The van der Waals surface area contributed by atoms with Gasteiger partial charge in [-0.2, -0.15) is 0 Å². The minimum absolute atomic E-state index is 0. The van der Waals surface area contributed by atoms with Gasteiger partial charge >= 0.3 is 0 Å². The van der Waals surface area contributed by atoms with Gasteiger partial charge in [0.05, 0.1) is 5.54 Å².